The first-order valence-electron chi connectivity index (χ1n) is 5.77. The molecule has 3 nitrogen and oxygen atoms in total. The zero-order chi connectivity index (χ0) is 12.4. The predicted octanol–water partition coefficient (Wildman–Crippen LogP) is 2.93. The van der Waals surface area contributed by atoms with Crippen molar-refractivity contribution in [3.05, 3.63) is 51.4 Å². The van der Waals surface area contributed by atoms with Crippen molar-refractivity contribution in [3.8, 4) is 0 Å². The quantitative estimate of drug-likeness (QED) is 0.937. The van der Waals surface area contributed by atoms with E-state index in [4.69, 9.17) is 11.6 Å². The van der Waals surface area contributed by atoms with Crippen LogP contribution in [0.1, 0.15) is 16.5 Å². The molecule has 18 heavy (non-hydrogen) atoms. The van der Waals surface area contributed by atoms with Gasteiger partial charge in [0.1, 0.15) is 10.8 Å². The number of nitrogens with zero attached hydrogens (tertiary/aromatic N) is 2. The van der Waals surface area contributed by atoms with Crippen LogP contribution in [0.5, 0.6) is 0 Å². The molecule has 5 heteroatoms. The van der Waals surface area contributed by atoms with Gasteiger partial charge in [0.15, 0.2) is 0 Å². The van der Waals surface area contributed by atoms with Gasteiger partial charge in [0.25, 0.3) is 0 Å². The Hall–Kier alpha value is -1.39. The summed E-state index contributed by atoms with van der Waals surface area (Å²) in [6, 6.07) is 7.90. The van der Waals surface area contributed by atoms with Crippen LogP contribution in [0.2, 0.25) is 5.02 Å². The van der Waals surface area contributed by atoms with E-state index in [0.29, 0.717) is 0 Å². The fourth-order valence-corrected chi connectivity index (χ4v) is 2.95. The van der Waals surface area contributed by atoms with Crippen LogP contribution in [0.25, 0.3) is 0 Å². The molecule has 0 spiro atoms. The predicted molar refractivity (Wildman–Crippen MR) is 75.7 cm³/mol. The molecule has 1 atom stereocenters. The van der Waals surface area contributed by atoms with E-state index in [9.17, 15) is 0 Å². The number of nitrogens with one attached hydrogen (secondary N) is 1. The van der Waals surface area contributed by atoms with E-state index in [1.54, 1.807) is 11.3 Å². The van der Waals surface area contributed by atoms with Gasteiger partial charge in [-0.3, -0.25) is 4.99 Å². The lowest BCUT2D eigenvalue weighted by atomic mass is 9.98. The van der Waals surface area contributed by atoms with Crippen LogP contribution in [0, 0.1) is 0 Å². The second-order valence-electron chi connectivity index (χ2n) is 4.05. The summed E-state index contributed by atoms with van der Waals surface area (Å²) in [5, 5.41) is 7.14. The summed E-state index contributed by atoms with van der Waals surface area (Å²) in [6.07, 6.45) is 1.83. The van der Waals surface area contributed by atoms with E-state index in [2.05, 4.69) is 15.3 Å². The van der Waals surface area contributed by atoms with Crippen molar-refractivity contribution in [2.24, 2.45) is 4.99 Å². The molecular formula is C13H12ClN3S. The van der Waals surface area contributed by atoms with Crippen molar-refractivity contribution < 1.29 is 0 Å². The molecule has 0 fully saturated rings. The summed E-state index contributed by atoms with van der Waals surface area (Å²) < 4.78 is 0. The van der Waals surface area contributed by atoms with Gasteiger partial charge in [0.05, 0.1) is 12.5 Å². The molecule has 2 aromatic rings. The summed E-state index contributed by atoms with van der Waals surface area (Å²) in [4.78, 5) is 8.95. The van der Waals surface area contributed by atoms with Crippen molar-refractivity contribution >= 4 is 28.8 Å². The number of aliphatic imine (C=N–C) groups is 1. The van der Waals surface area contributed by atoms with Crippen LogP contribution in [0.15, 0.2) is 40.8 Å². The smallest absolute Gasteiger partial charge is 0.111 e. The average Bonchev–Trinajstić information content (AvgIpc) is 3.06. The molecule has 1 aliphatic heterocycles. The minimum absolute atomic E-state index is 0.102. The standard InChI is InChI=1S/C13H12ClN3S/c14-10-3-1-9(2-4-10)11(12-15-5-6-16-12)13-17-7-8-18-13/h1-4,7-8,11H,5-6H2,(H,15,16). The maximum Gasteiger partial charge on any atom is 0.111 e. The number of benzene rings is 1. The number of amidine groups is 1. The third-order valence-corrected chi connectivity index (χ3v) is 3.97. The second-order valence-corrected chi connectivity index (χ2v) is 5.41. The third-order valence-electron chi connectivity index (χ3n) is 2.88. The second kappa shape index (κ2) is 5.08. The number of rotatable bonds is 3. The first kappa shape index (κ1) is 11.7. The SMILES string of the molecule is Clc1ccc(C(C2=NCCN2)c2nccs2)cc1. The molecule has 0 bridgehead atoms. The van der Waals surface area contributed by atoms with Crippen molar-refractivity contribution in [3.63, 3.8) is 0 Å². The average molecular weight is 278 g/mol. The maximum atomic E-state index is 5.94. The molecule has 1 unspecified atom stereocenters. The van der Waals surface area contributed by atoms with Gasteiger partial charge in [0, 0.05) is 23.1 Å². The molecule has 1 N–H and O–H groups in total. The van der Waals surface area contributed by atoms with Gasteiger partial charge >= 0.3 is 0 Å². The highest BCUT2D eigenvalue weighted by Crippen LogP contribution is 2.28. The monoisotopic (exact) mass is 277 g/mol. The van der Waals surface area contributed by atoms with Crippen LogP contribution in [0.3, 0.4) is 0 Å². The van der Waals surface area contributed by atoms with Crippen molar-refractivity contribution in [2.75, 3.05) is 13.1 Å². The minimum Gasteiger partial charge on any atom is -0.371 e. The topological polar surface area (TPSA) is 37.3 Å². The Kier molecular flexibility index (Phi) is 3.30. The van der Waals surface area contributed by atoms with Gasteiger partial charge in [-0.2, -0.15) is 0 Å². The molecule has 2 heterocycles. The lowest BCUT2D eigenvalue weighted by Gasteiger charge is -2.15. The van der Waals surface area contributed by atoms with E-state index in [0.717, 1.165) is 29.0 Å². The Bertz CT molecular complexity index is 548. The fourth-order valence-electron chi connectivity index (χ4n) is 2.06. The molecule has 0 radical (unpaired) electrons. The van der Waals surface area contributed by atoms with Crippen molar-refractivity contribution in [1.82, 2.24) is 10.3 Å². The molecule has 92 valence electrons. The number of aromatic nitrogens is 1. The van der Waals surface area contributed by atoms with Crippen LogP contribution < -0.4 is 5.32 Å². The number of hydrogen-bond donors (Lipinski definition) is 1. The Morgan fingerprint density at radius 3 is 2.72 bits per heavy atom. The van der Waals surface area contributed by atoms with Gasteiger partial charge in [-0.1, -0.05) is 23.7 Å². The lowest BCUT2D eigenvalue weighted by molar-refractivity contribution is 0.930. The highest BCUT2D eigenvalue weighted by Gasteiger charge is 2.24. The number of halogens is 1. The van der Waals surface area contributed by atoms with Crippen LogP contribution in [0.4, 0.5) is 0 Å². The van der Waals surface area contributed by atoms with Gasteiger partial charge in [-0.25, -0.2) is 4.98 Å². The zero-order valence-corrected chi connectivity index (χ0v) is 11.2. The molecule has 1 aromatic heterocycles. The van der Waals surface area contributed by atoms with E-state index in [-0.39, 0.29) is 5.92 Å². The minimum atomic E-state index is 0.102. The fraction of sp³-hybridized carbons (Fsp3) is 0.231. The summed E-state index contributed by atoms with van der Waals surface area (Å²) in [5.74, 6) is 1.11. The molecule has 0 saturated heterocycles. The summed E-state index contributed by atoms with van der Waals surface area (Å²) in [5.41, 5.74) is 1.17. The number of hydrogen-bond acceptors (Lipinski definition) is 4. The normalized spacial score (nSPS) is 16.2. The largest absolute Gasteiger partial charge is 0.371 e. The summed E-state index contributed by atoms with van der Waals surface area (Å²) in [7, 11) is 0. The van der Waals surface area contributed by atoms with Gasteiger partial charge in [-0.05, 0) is 17.7 Å². The first-order valence-corrected chi connectivity index (χ1v) is 7.03. The molecule has 0 aliphatic carbocycles. The summed E-state index contributed by atoms with van der Waals surface area (Å²) in [6.45, 7) is 1.75. The Balaban J connectivity index is 2.02. The zero-order valence-electron chi connectivity index (χ0n) is 9.64. The molecule has 0 saturated carbocycles. The van der Waals surface area contributed by atoms with Gasteiger partial charge < -0.3 is 5.32 Å². The summed E-state index contributed by atoms with van der Waals surface area (Å²) >= 11 is 7.59. The highest BCUT2D eigenvalue weighted by atomic mass is 35.5. The molecule has 3 rings (SSSR count). The molecule has 1 aliphatic rings. The van der Waals surface area contributed by atoms with E-state index < -0.39 is 0 Å². The van der Waals surface area contributed by atoms with Gasteiger partial charge in [0.2, 0.25) is 0 Å². The van der Waals surface area contributed by atoms with E-state index >= 15 is 0 Å². The van der Waals surface area contributed by atoms with Gasteiger partial charge in [-0.15, -0.1) is 11.3 Å². The molecule has 1 aromatic carbocycles. The Labute approximate surface area is 115 Å². The maximum absolute atomic E-state index is 5.94. The van der Waals surface area contributed by atoms with E-state index in [1.165, 1.54) is 5.56 Å². The first-order chi connectivity index (χ1) is 8.84. The van der Waals surface area contributed by atoms with Crippen LogP contribution >= 0.6 is 22.9 Å². The number of thiazole rings is 1. The van der Waals surface area contributed by atoms with Crippen molar-refractivity contribution in [2.45, 2.75) is 5.92 Å². The van der Waals surface area contributed by atoms with Crippen LogP contribution in [-0.2, 0) is 0 Å². The van der Waals surface area contributed by atoms with Crippen molar-refractivity contribution in [1.29, 1.82) is 0 Å². The highest BCUT2D eigenvalue weighted by molar-refractivity contribution is 7.09. The Morgan fingerprint density at radius 2 is 2.11 bits per heavy atom. The van der Waals surface area contributed by atoms with Crippen LogP contribution in [-0.4, -0.2) is 23.9 Å². The Morgan fingerprint density at radius 1 is 1.28 bits per heavy atom. The lowest BCUT2D eigenvalue weighted by Crippen LogP contribution is -2.26. The molecule has 0 amide bonds. The third kappa shape index (κ3) is 2.26. The van der Waals surface area contributed by atoms with E-state index in [1.807, 2.05) is 35.8 Å². The molecular weight excluding hydrogens is 266 g/mol.